The first-order valence-electron chi connectivity index (χ1n) is 6.40. The molecule has 1 aromatic heterocycles. The molecule has 1 aromatic carbocycles. The van der Waals surface area contributed by atoms with Crippen LogP contribution in [0.4, 0.5) is 0 Å². The van der Waals surface area contributed by atoms with Gasteiger partial charge in [0.15, 0.2) is 5.11 Å². The van der Waals surface area contributed by atoms with Crippen molar-refractivity contribution in [2.75, 3.05) is 6.54 Å². The molecule has 0 fully saturated rings. The molecule has 5 nitrogen and oxygen atoms in total. The first-order valence-corrected chi connectivity index (χ1v) is 6.81. The third-order valence-corrected chi connectivity index (χ3v) is 2.86. The van der Waals surface area contributed by atoms with Gasteiger partial charge in [0, 0.05) is 12.1 Å². The van der Waals surface area contributed by atoms with Gasteiger partial charge in [-0.3, -0.25) is 5.43 Å². The summed E-state index contributed by atoms with van der Waals surface area (Å²) in [6.45, 7) is 2.69. The minimum absolute atomic E-state index is 0.465. The number of hydrogen-bond donors (Lipinski definition) is 2. The highest BCUT2D eigenvalue weighted by Gasteiger charge is 2.03. The lowest BCUT2D eigenvalue weighted by Crippen LogP contribution is -2.31. The normalized spacial score (nSPS) is 10.3. The van der Waals surface area contributed by atoms with Gasteiger partial charge in [0.2, 0.25) is 0 Å². The molecule has 2 N–H and O–H groups in total. The molecule has 2 rings (SSSR count). The average Bonchev–Trinajstić information content (AvgIpc) is 2.96. The molecule has 0 aliphatic rings. The van der Waals surface area contributed by atoms with Gasteiger partial charge in [0.05, 0.1) is 17.8 Å². The number of nitriles is 1. The first-order chi connectivity index (χ1) is 10.2. The summed E-state index contributed by atoms with van der Waals surface area (Å²) in [5.74, 6) is 1.33. The molecule has 0 aliphatic heterocycles. The van der Waals surface area contributed by atoms with Crippen molar-refractivity contribution < 1.29 is 4.42 Å². The predicted octanol–water partition coefficient (Wildman–Crippen LogP) is 2.64. The highest BCUT2D eigenvalue weighted by molar-refractivity contribution is 7.80. The van der Waals surface area contributed by atoms with Gasteiger partial charge >= 0.3 is 0 Å². The van der Waals surface area contributed by atoms with E-state index in [-0.39, 0.29) is 0 Å². The van der Waals surface area contributed by atoms with Crippen molar-refractivity contribution >= 4 is 23.5 Å². The van der Waals surface area contributed by atoms with Crippen molar-refractivity contribution in [3.8, 4) is 17.4 Å². The van der Waals surface area contributed by atoms with Crippen LogP contribution in [0.5, 0.6) is 0 Å². The molecule has 21 heavy (non-hydrogen) atoms. The number of hydrazone groups is 1. The summed E-state index contributed by atoms with van der Waals surface area (Å²) in [6, 6.07) is 12.9. The lowest BCUT2D eigenvalue weighted by molar-refractivity contribution is 0.574. The van der Waals surface area contributed by atoms with Crippen molar-refractivity contribution in [3.63, 3.8) is 0 Å². The molecule has 1 heterocycles. The van der Waals surface area contributed by atoms with Crippen molar-refractivity contribution in [1.82, 2.24) is 10.7 Å². The summed E-state index contributed by atoms with van der Waals surface area (Å²) in [6.07, 6.45) is 1.55. The van der Waals surface area contributed by atoms with E-state index in [4.69, 9.17) is 21.9 Å². The maximum atomic E-state index is 8.77. The molecule has 0 radical (unpaired) electrons. The van der Waals surface area contributed by atoms with Gasteiger partial charge in [-0.05, 0) is 55.5 Å². The Morgan fingerprint density at radius 1 is 1.33 bits per heavy atom. The smallest absolute Gasteiger partial charge is 0.186 e. The van der Waals surface area contributed by atoms with Gasteiger partial charge in [0.25, 0.3) is 0 Å². The van der Waals surface area contributed by atoms with Crippen LogP contribution < -0.4 is 10.7 Å². The average molecular weight is 298 g/mol. The minimum atomic E-state index is 0.465. The second-order valence-electron chi connectivity index (χ2n) is 4.12. The number of nitrogens with zero attached hydrogens (tertiary/aromatic N) is 2. The lowest BCUT2D eigenvalue weighted by atomic mass is 10.1. The quantitative estimate of drug-likeness (QED) is 0.516. The third kappa shape index (κ3) is 4.16. The van der Waals surface area contributed by atoms with Crippen LogP contribution in [0.1, 0.15) is 18.2 Å². The van der Waals surface area contributed by atoms with E-state index in [9.17, 15) is 0 Å². The van der Waals surface area contributed by atoms with E-state index >= 15 is 0 Å². The van der Waals surface area contributed by atoms with Crippen LogP contribution in [0.15, 0.2) is 45.9 Å². The SMILES string of the molecule is CCNC(=S)NN=Cc1ccc(-c2ccc(C#N)cc2)o1. The zero-order valence-corrected chi connectivity index (χ0v) is 12.3. The zero-order chi connectivity index (χ0) is 15.1. The summed E-state index contributed by atoms with van der Waals surface area (Å²) in [4.78, 5) is 0. The summed E-state index contributed by atoms with van der Waals surface area (Å²) >= 11 is 4.98. The van der Waals surface area contributed by atoms with E-state index in [1.54, 1.807) is 18.3 Å². The first kappa shape index (κ1) is 14.8. The van der Waals surface area contributed by atoms with Gasteiger partial charge in [-0.1, -0.05) is 0 Å². The Hall–Kier alpha value is -2.65. The summed E-state index contributed by atoms with van der Waals surface area (Å²) in [5, 5.41) is 16.1. The van der Waals surface area contributed by atoms with Gasteiger partial charge in [-0.25, -0.2) is 0 Å². The molecule has 0 unspecified atom stereocenters. The minimum Gasteiger partial charge on any atom is -0.455 e. The standard InChI is InChI=1S/C15H14N4OS/c1-2-17-15(21)19-18-10-13-7-8-14(20-13)12-5-3-11(9-16)4-6-12/h3-8,10H,2H2,1H3,(H2,17,19,21). The second-order valence-corrected chi connectivity index (χ2v) is 4.53. The Labute approximate surface area is 128 Å². The largest absolute Gasteiger partial charge is 0.455 e. The fourth-order valence-corrected chi connectivity index (χ4v) is 1.84. The predicted molar refractivity (Wildman–Crippen MR) is 85.9 cm³/mol. The molecule has 0 saturated carbocycles. The van der Waals surface area contributed by atoms with Crippen molar-refractivity contribution in [3.05, 3.63) is 47.7 Å². The number of benzene rings is 1. The molecule has 2 aromatic rings. The number of furan rings is 1. The number of hydrogen-bond acceptors (Lipinski definition) is 4. The van der Waals surface area contributed by atoms with Crippen LogP contribution in [0.25, 0.3) is 11.3 Å². The molecule has 6 heteroatoms. The van der Waals surface area contributed by atoms with Gasteiger partial charge < -0.3 is 9.73 Å². The number of rotatable bonds is 4. The Morgan fingerprint density at radius 2 is 2.10 bits per heavy atom. The summed E-state index contributed by atoms with van der Waals surface area (Å²) in [7, 11) is 0. The van der Waals surface area contributed by atoms with Crippen LogP contribution in [0.2, 0.25) is 0 Å². The summed E-state index contributed by atoms with van der Waals surface area (Å²) < 4.78 is 5.65. The van der Waals surface area contributed by atoms with E-state index < -0.39 is 0 Å². The Balaban J connectivity index is 2.02. The van der Waals surface area contributed by atoms with Crippen LogP contribution in [0, 0.1) is 11.3 Å². The van der Waals surface area contributed by atoms with Gasteiger partial charge in [-0.2, -0.15) is 10.4 Å². The monoisotopic (exact) mass is 298 g/mol. The Kier molecular flexibility index (Phi) is 5.07. The maximum absolute atomic E-state index is 8.77. The van der Waals surface area contributed by atoms with Crippen molar-refractivity contribution in [2.45, 2.75) is 6.92 Å². The molecular formula is C15H14N4OS. The van der Waals surface area contributed by atoms with E-state index in [2.05, 4.69) is 21.9 Å². The van der Waals surface area contributed by atoms with E-state index in [0.717, 1.165) is 17.9 Å². The van der Waals surface area contributed by atoms with Gasteiger partial charge in [-0.15, -0.1) is 0 Å². The van der Waals surface area contributed by atoms with Gasteiger partial charge in [0.1, 0.15) is 11.5 Å². The van der Waals surface area contributed by atoms with Crippen LogP contribution in [0.3, 0.4) is 0 Å². The highest BCUT2D eigenvalue weighted by Crippen LogP contribution is 2.21. The molecule has 0 bridgehead atoms. The molecule has 0 saturated heterocycles. The molecule has 0 aliphatic carbocycles. The molecular weight excluding hydrogens is 284 g/mol. The molecule has 0 spiro atoms. The molecule has 0 amide bonds. The highest BCUT2D eigenvalue weighted by atomic mass is 32.1. The van der Waals surface area contributed by atoms with E-state index in [1.807, 2.05) is 31.2 Å². The van der Waals surface area contributed by atoms with Crippen LogP contribution in [-0.2, 0) is 0 Å². The summed E-state index contributed by atoms with van der Waals surface area (Å²) in [5.41, 5.74) is 4.22. The maximum Gasteiger partial charge on any atom is 0.186 e. The van der Waals surface area contributed by atoms with E-state index in [1.165, 1.54) is 0 Å². The Bertz CT molecular complexity index is 682. The number of nitrogens with one attached hydrogen (secondary N) is 2. The fraction of sp³-hybridized carbons (Fsp3) is 0.133. The van der Waals surface area contributed by atoms with Crippen molar-refractivity contribution in [1.29, 1.82) is 5.26 Å². The molecule has 106 valence electrons. The van der Waals surface area contributed by atoms with Crippen LogP contribution in [-0.4, -0.2) is 17.9 Å². The Morgan fingerprint density at radius 3 is 2.76 bits per heavy atom. The topological polar surface area (TPSA) is 73.3 Å². The molecule has 0 atom stereocenters. The fourth-order valence-electron chi connectivity index (χ4n) is 1.64. The number of thiocarbonyl (C=S) groups is 1. The van der Waals surface area contributed by atoms with Crippen molar-refractivity contribution in [2.24, 2.45) is 5.10 Å². The van der Waals surface area contributed by atoms with Crippen LogP contribution >= 0.6 is 12.2 Å². The third-order valence-electron chi connectivity index (χ3n) is 2.62. The lowest BCUT2D eigenvalue weighted by Gasteiger charge is -2.01. The second kappa shape index (κ2) is 7.22. The zero-order valence-electron chi connectivity index (χ0n) is 11.5. The van der Waals surface area contributed by atoms with E-state index in [0.29, 0.717) is 16.4 Å².